The van der Waals surface area contributed by atoms with Crippen LogP contribution < -0.4 is 11.2 Å². The number of amides is 1. The fourth-order valence-corrected chi connectivity index (χ4v) is 3.66. The molecule has 7 nitrogen and oxygen atoms in total. The molecule has 0 aromatic carbocycles. The molecule has 2 aromatic rings. The molecule has 0 atom stereocenters. The first-order valence-corrected chi connectivity index (χ1v) is 9.61. The van der Waals surface area contributed by atoms with Gasteiger partial charge < -0.3 is 9.47 Å². The average molecular weight is 370 g/mol. The van der Waals surface area contributed by atoms with Crippen LogP contribution in [0.15, 0.2) is 46.4 Å². The second-order valence-electron chi connectivity index (χ2n) is 7.08. The SMILES string of the molecule is O=C(CCn1ccc(=O)[nH]c1=O)N(Cc1cccnc1)C1CCCCCC1. The van der Waals surface area contributed by atoms with Gasteiger partial charge in [0, 0.05) is 50.2 Å². The van der Waals surface area contributed by atoms with Gasteiger partial charge in [-0.3, -0.25) is 19.6 Å². The number of hydrogen-bond acceptors (Lipinski definition) is 4. The van der Waals surface area contributed by atoms with Gasteiger partial charge in [-0.2, -0.15) is 0 Å². The van der Waals surface area contributed by atoms with E-state index in [1.54, 1.807) is 12.4 Å². The van der Waals surface area contributed by atoms with Crippen LogP contribution in [0.5, 0.6) is 0 Å². The van der Waals surface area contributed by atoms with Crippen LogP contribution in [0, 0.1) is 0 Å². The predicted octanol–water partition coefficient (Wildman–Crippen LogP) is 2.07. The van der Waals surface area contributed by atoms with Crippen molar-refractivity contribution in [2.24, 2.45) is 0 Å². The molecule has 2 heterocycles. The van der Waals surface area contributed by atoms with Gasteiger partial charge in [0.05, 0.1) is 0 Å². The van der Waals surface area contributed by atoms with Gasteiger partial charge in [-0.25, -0.2) is 4.79 Å². The monoisotopic (exact) mass is 370 g/mol. The molecule has 27 heavy (non-hydrogen) atoms. The Morgan fingerprint density at radius 2 is 1.96 bits per heavy atom. The van der Waals surface area contributed by atoms with E-state index in [0.717, 1.165) is 31.2 Å². The summed E-state index contributed by atoms with van der Waals surface area (Å²) in [4.78, 5) is 44.4. The molecule has 1 saturated carbocycles. The van der Waals surface area contributed by atoms with Gasteiger partial charge >= 0.3 is 5.69 Å². The van der Waals surface area contributed by atoms with Crippen molar-refractivity contribution in [2.75, 3.05) is 0 Å². The molecule has 0 bridgehead atoms. The summed E-state index contributed by atoms with van der Waals surface area (Å²) in [5, 5.41) is 0. The lowest BCUT2D eigenvalue weighted by atomic mass is 10.1. The highest BCUT2D eigenvalue weighted by atomic mass is 16.2. The van der Waals surface area contributed by atoms with Crippen molar-refractivity contribution in [3.05, 3.63) is 63.2 Å². The van der Waals surface area contributed by atoms with Gasteiger partial charge in [-0.1, -0.05) is 31.7 Å². The van der Waals surface area contributed by atoms with Crippen LogP contribution in [0.1, 0.15) is 50.5 Å². The molecule has 2 aromatic heterocycles. The number of nitrogens with one attached hydrogen (secondary N) is 1. The second-order valence-corrected chi connectivity index (χ2v) is 7.08. The fraction of sp³-hybridized carbons (Fsp3) is 0.500. The van der Waals surface area contributed by atoms with Crippen LogP contribution in [-0.2, 0) is 17.9 Å². The van der Waals surface area contributed by atoms with Gasteiger partial charge in [0.25, 0.3) is 5.56 Å². The molecule has 0 radical (unpaired) electrons. The lowest BCUT2D eigenvalue weighted by Crippen LogP contribution is -2.40. The van der Waals surface area contributed by atoms with Crippen LogP contribution in [0.25, 0.3) is 0 Å². The van der Waals surface area contributed by atoms with Crippen molar-refractivity contribution in [2.45, 2.75) is 64.1 Å². The maximum atomic E-state index is 13.0. The number of pyridine rings is 1. The van der Waals surface area contributed by atoms with E-state index in [9.17, 15) is 14.4 Å². The molecule has 1 amide bonds. The molecule has 1 aliphatic rings. The highest BCUT2D eigenvalue weighted by Gasteiger charge is 2.24. The van der Waals surface area contributed by atoms with Gasteiger partial charge in [-0.05, 0) is 24.5 Å². The smallest absolute Gasteiger partial charge is 0.328 e. The predicted molar refractivity (Wildman–Crippen MR) is 102 cm³/mol. The summed E-state index contributed by atoms with van der Waals surface area (Å²) in [6.07, 6.45) is 11.9. The summed E-state index contributed by atoms with van der Waals surface area (Å²) >= 11 is 0. The van der Waals surface area contributed by atoms with Gasteiger partial charge in [-0.15, -0.1) is 0 Å². The molecule has 0 aliphatic heterocycles. The topological polar surface area (TPSA) is 88.1 Å². The number of aryl methyl sites for hydroxylation is 1. The Balaban J connectivity index is 1.72. The Morgan fingerprint density at radius 3 is 2.63 bits per heavy atom. The zero-order valence-corrected chi connectivity index (χ0v) is 15.5. The van der Waals surface area contributed by atoms with Crippen molar-refractivity contribution >= 4 is 5.91 Å². The quantitative estimate of drug-likeness (QED) is 0.789. The van der Waals surface area contributed by atoms with Gasteiger partial charge in [0.15, 0.2) is 0 Å². The Labute approximate surface area is 158 Å². The minimum absolute atomic E-state index is 0.0313. The van der Waals surface area contributed by atoms with E-state index >= 15 is 0 Å². The summed E-state index contributed by atoms with van der Waals surface area (Å²) < 4.78 is 1.37. The maximum Gasteiger partial charge on any atom is 0.328 e. The molecule has 0 unspecified atom stereocenters. The minimum Gasteiger partial charge on any atom is -0.335 e. The molecule has 7 heteroatoms. The zero-order chi connectivity index (χ0) is 19.1. The van der Waals surface area contributed by atoms with Crippen molar-refractivity contribution in [3.63, 3.8) is 0 Å². The van der Waals surface area contributed by atoms with Crippen molar-refractivity contribution in [1.82, 2.24) is 19.4 Å². The van der Waals surface area contributed by atoms with Gasteiger partial charge in [0.1, 0.15) is 0 Å². The second kappa shape index (κ2) is 9.30. The van der Waals surface area contributed by atoms with Crippen molar-refractivity contribution in [1.29, 1.82) is 0 Å². The lowest BCUT2D eigenvalue weighted by Gasteiger charge is -2.31. The highest BCUT2D eigenvalue weighted by Crippen LogP contribution is 2.24. The average Bonchev–Trinajstić information content (AvgIpc) is 2.95. The number of carbonyl (C=O) groups is 1. The third kappa shape index (κ3) is 5.39. The van der Waals surface area contributed by atoms with E-state index in [4.69, 9.17) is 0 Å². The number of aromatic nitrogens is 3. The van der Waals surface area contributed by atoms with Crippen LogP contribution in [-0.4, -0.2) is 31.4 Å². The molecule has 0 spiro atoms. The van der Waals surface area contributed by atoms with Crippen molar-refractivity contribution < 1.29 is 4.79 Å². The lowest BCUT2D eigenvalue weighted by molar-refractivity contribution is -0.134. The first-order chi connectivity index (χ1) is 13.1. The van der Waals surface area contributed by atoms with E-state index in [-0.39, 0.29) is 24.9 Å². The minimum atomic E-state index is -0.483. The number of nitrogens with zero attached hydrogens (tertiary/aromatic N) is 3. The molecule has 1 aliphatic carbocycles. The van der Waals surface area contributed by atoms with Crippen LogP contribution in [0.2, 0.25) is 0 Å². The molecule has 0 saturated heterocycles. The fourth-order valence-electron chi connectivity index (χ4n) is 3.66. The largest absolute Gasteiger partial charge is 0.335 e. The highest BCUT2D eigenvalue weighted by molar-refractivity contribution is 5.76. The normalized spacial score (nSPS) is 15.3. The molecule has 1 N–H and O–H groups in total. The Morgan fingerprint density at radius 1 is 1.19 bits per heavy atom. The summed E-state index contributed by atoms with van der Waals surface area (Å²) in [7, 11) is 0. The Hall–Kier alpha value is -2.70. The van der Waals surface area contributed by atoms with E-state index < -0.39 is 11.2 Å². The Kier molecular flexibility index (Phi) is 6.57. The van der Waals surface area contributed by atoms with Crippen LogP contribution in [0.3, 0.4) is 0 Å². The molecule has 144 valence electrons. The summed E-state index contributed by atoms with van der Waals surface area (Å²) in [5.41, 5.74) is 0.0964. The Bertz CT molecular complexity index is 851. The summed E-state index contributed by atoms with van der Waals surface area (Å²) in [6.45, 7) is 0.794. The van der Waals surface area contributed by atoms with Crippen molar-refractivity contribution in [3.8, 4) is 0 Å². The third-order valence-electron chi connectivity index (χ3n) is 5.12. The molecule has 1 fully saturated rings. The third-order valence-corrected chi connectivity index (χ3v) is 5.12. The van der Waals surface area contributed by atoms with E-state index in [1.165, 1.54) is 29.7 Å². The van der Waals surface area contributed by atoms with E-state index in [1.807, 2.05) is 17.0 Å². The molecule has 3 rings (SSSR count). The number of aromatic amines is 1. The number of carbonyl (C=O) groups excluding carboxylic acids is 1. The maximum absolute atomic E-state index is 13.0. The molecular weight excluding hydrogens is 344 g/mol. The first-order valence-electron chi connectivity index (χ1n) is 9.61. The summed E-state index contributed by atoms with van der Waals surface area (Å²) in [5.74, 6) is 0.0313. The van der Waals surface area contributed by atoms with E-state index in [0.29, 0.717) is 6.54 Å². The molecular formula is C20H26N4O3. The summed E-state index contributed by atoms with van der Waals surface area (Å²) in [6, 6.07) is 5.39. The first kappa shape index (κ1) is 19.1. The van der Waals surface area contributed by atoms with Crippen LogP contribution >= 0.6 is 0 Å². The zero-order valence-electron chi connectivity index (χ0n) is 15.5. The van der Waals surface area contributed by atoms with E-state index in [2.05, 4.69) is 9.97 Å². The van der Waals surface area contributed by atoms with Gasteiger partial charge in [0.2, 0.25) is 5.91 Å². The number of hydrogen-bond donors (Lipinski definition) is 1. The number of H-pyrrole nitrogens is 1. The standard InChI is InChI=1S/C20H26N4O3/c25-18-9-12-23(20(27)22-18)13-10-19(26)24(15-16-6-5-11-21-14-16)17-7-3-1-2-4-8-17/h5-6,9,11-12,14,17H,1-4,7-8,10,13,15H2,(H,22,25,27). The number of rotatable bonds is 6. The van der Waals surface area contributed by atoms with Crippen LogP contribution in [0.4, 0.5) is 0 Å².